The SMILES string of the molecule is CCC1(CC)CNCCN1Cc1cccnc1. The molecule has 0 aliphatic carbocycles. The van der Waals surface area contributed by atoms with Gasteiger partial charge in [-0.15, -0.1) is 0 Å². The van der Waals surface area contributed by atoms with Crippen LogP contribution in [0.2, 0.25) is 0 Å². The van der Waals surface area contributed by atoms with Crippen LogP contribution in [0.25, 0.3) is 0 Å². The number of rotatable bonds is 4. The summed E-state index contributed by atoms with van der Waals surface area (Å²) in [4.78, 5) is 6.83. The van der Waals surface area contributed by atoms with Gasteiger partial charge >= 0.3 is 0 Å². The number of hydrogen-bond donors (Lipinski definition) is 1. The van der Waals surface area contributed by atoms with Gasteiger partial charge in [0.25, 0.3) is 0 Å². The molecule has 1 aliphatic rings. The number of aromatic nitrogens is 1. The second-order valence-electron chi connectivity index (χ2n) is 4.89. The fourth-order valence-electron chi connectivity index (χ4n) is 2.79. The number of piperazine rings is 1. The Labute approximate surface area is 104 Å². The molecule has 2 heterocycles. The smallest absolute Gasteiger partial charge is 0.0332 e. The first-order valence-corrected chi connectivity index (χ1v) is 6.65. The molecule has 1 aromatic heterocycles. The highest BCUT2D eigenvalue weighted by molar-refractivity contribution is 5.10. The average molecular weight is 233 g/mol. The van der Waals surface area contributed by atoms with Gasteiger partial charge in [0.15, 0.2) is 0 Å². The lowest BCUT2D eigenvalue weighted by Crippen LogP contribution is -2.60. The van der Waals surface area contributed by atoms with E-state index in [0.29, 0.717) is 5.54 Å². The maximum absolute atomic E-state index is 4.21. The summed E-state index contributed by atoms with van der Waals surface area (Å²) in [6.07, 6.45) is 6.24. The lowest BCUT2D eigenvalue weighted by molar-refractivity contribution is 0.0447. The van der Waals surface area contributed by atoms with Crippen molar-refractivity contribution in [2.45, 2.75) is 38.8 Å². The van der Waals surface area contributed by atoms with Gasteiger partial charge in [-0.25, -0.2) is 0 Å². The fourth-order valence-corrected chi connectivity index (χ4v) is 2.79. The van der Waals surface area contributed by atoms with Crippen LogP contribution in [0.15, 0.2) is 24.5 Å². The molecule has 0 bridgehead atoms. The lowest BCUT2D eigenvalue weighted by Gasteiger charge is -2.47. The van der Waals surface area contributed by atoms with Crippen LogP contribution in [0.1, 0.15) is 32.3 Å². The minimum absolute atomic E-state index is 0.327. The molecule has 0 aromatic carbocycles. The maximum atomic E-state index is 4.21. The Morgan fingerprint density at radius 1 is 1.41 bits per heavy atom. The van der Waals surface area contributed by atoms with E-state index >= 15 is 0 Å². The van der Waals surface area contributed by atoms with E-state index in [1.54, 1.807) is 0 Å². The molecule has 1 aliphatic heterocycles. The van der Waals surface area contributed by atoms with Crippen LogP contribution in [0.4, 0.5) is 0 Å². The minimum atomic E-state index is 0.327. The summed E-state index contributed by atoms with van der Waals surface area (Å²) in [5.41, 5.74) is 1.65. The van der Waals surface area contributed by atoms with Crippen LogP contribution in [0.3, 0.4) is 0 Å². The predicted octanol–water partition coefficient (Wildman–Crippen LogP) is 2.05. The van der Waals surface area contributed by atoms with Crippen molar-refractivity contribution < 1.29 is 0 Å². The second-order valence-corrected chi connectivity index (χ2v) is 4.89. The summed E-state index contributed by atoms with van der Waals surface area (Å²) >= 11 is 0. The van der Waals surface area contributed by atoms with E-state index < -0.39 is 0 Å². The van der Waals surface area contributed by atoms with Crippen molar-refractivity contribution >= 4 is 0 Å². The van der Waals surface area contributed by atoms with Gasteiger partial charge in [0.05, 0.1) is 0 Å². The van der Waals surface area contributed by atoms with Crippen LogP contribution in [-0.2, 0) is 6.54 Å². The highest BCUT2D eigenvalue weighted by atomic mass is 15.3. The lowest BCUT2D eigenvalue weighted by atomic mass is 9.88. The number of pyridine rings is 1. The molecule has 3 nitrogen and oxygen atoms in total. The zero-order valence-corrected chi connectivity index (χ0v) is 10.9. The van der Waals surface area contributed by atoms with Gasteiger partial charge in [0.1, 0.15) is 0 Å². The number of nitrogens with one attached hydrogen (secondary N) is 1. The Kier molecular flexibility index (Phi) is 4.13. The van der Waals surface area contributed by atoms with Gasteiger partial charge in [-0.1, -0.05) is 19.9 Å². The van der Waals surface area contributed by atoms with E-state index in [1.165, 1.54) is 18.4 Å². The van der Waals surface area contributed by atoms with Crippen LogP contribution >= 0.6 is 0 Å². The van der Waals surface area contributed by atoms with E-state index in [1.807, 2.05) is 18.5 Å². The Balaban J connectivity index is 2.12. The van der Waals surface area contributed by atoms with Crippen LogP contribution in [-0.4, -0.2) is 35.1 Å². The van der Waals surface area contributed by atoms with E-state index in [2.05, 4.69) is 35.1 Å². The van der Waals surface area contributed by atoms with Gasteiger partial charge in [0.2, 0.25) is 0 Å². The molecule has 17 heavy (non-hydrogen) atoms. The Morgan fingerprint density at radius 2 is 2.24 bits per heavy atom. The molecule has 2 rings (SSSR count). The minimum Gasteiger partial charge on any atom is -0.314 e. The zero-order valence-electron chi connectivity index (χ0n) is 10.9. The number of nitrogens with zero attached hydrogens (tertiary/aromatic N) is 2. The molecule has 0 radical (unpaired) electrons. The molecule has 0 atom stereocenters. The first-order valence-electron chi connectivity index (χ1n) is 6.65. The van der Waals surface area contributed by atoms with Crippen molar-refractivity contribution in [3.8, 4) is 0 Å². The van der Waals surface area contributed by atoms with E-state index in [4.69, 9.17) is 0 Å². The Morgan fingerprint density at radius 3 is 2.88 bits per heavy atom. The molecular formula is C14H23N3. The molecule has 0 spiro atoms. The standard InChI is InChI=1S/C14H23N3/c1-3-14(4-2)12-16-8-9-17(14)11-13-6-5-7-15-10-13/h5-7,10,16H,3-4,8-9,11-12H2,1-2H3. The summed E-state index contributed by atoms with van der Waals surface area (Å²) in [6.45, 7) is 8.97. The summed E-state index contributed by atoms with van der Waals surface area (Å²) in [7, 11) is 0. The van der Waals surface area contributed by atoms with Crippen LogP contribution in [0, 0.1) is 0 Å². The van der Waals surface area contributed by atoms with Gasteiger partial charge in [-0.05, 0) is 24.5 Å². The first-order chi connectivity index (χ1) is 8.30. The molecule has 0 amide bonds. The third kappa shape index (κ3) is 2.67. The van der Waals surface area contributed by atoms with E-state index in [9.17, 15) is 0 Å². The summed E-state index contributed by atoms with van der Waals surface area (Å²) < 4.78 is 0. The van der Waals surface area contributed by atoms with Gasteiger partial charge in [-0.2, -0.15) is 0 Å². The molecule has 1 N–H and O–H groups in total. The molecule has 1 fully saturated rings. The average Bonchev–Trinajstić information content (AvgIpc) is 2.41. The van der Waals surface area contributed by atoms with Crippen molar-refractivity contribution in [2.75, 3.05) is 19.6 Å². The maximum Gasteiger partial charge on any atom is 0.0332 e. The van der Waals surface area contributed by atoms with Gasteiger partial charge < -0.3 is 5.32 Å². The molecule has 3 heteroatoms. The van der Waals surface area contributed by atoms with E-state index in [0.717, 1.165) is 26.2 Å². The topological polar surface area (TPSA) is 28.2 Å². The summed E-state index contributed by atoms with van der Waals surface area (Å²) in [6, 6.07) is 4.20. The Hall–Kier alpha value is -0.930. The third-order valence-electron chi connectivity index (χ3n) is 4.10. The highest BCUT2D eigenvalue weighted by Crippen LogP contribution is 2.27. The third-order valence-corrected chi connectivity index (χ3v) is 4.10. The fraction of sp³-hybridized carbons (Fsp3) is 0.643. The molecule has 94 valence electrons. The second kappa shape index (κ2) is 5.61. The molecule has 0 unspecified atom stereocenters. The highest BCUT2D eigenvalue weighted by Gasteiger charge is 2.35. The molecular weight excluding hydrogens is 210 g/mol. The monoisotopic (exact) mass is 233 g/mol. The number of hydrogen-bond acceptors (Lipinski definition) is 3. The molecule has 1 saturated heterocycles. The first kappa shape index (κ1) is 12.5. The van der Waals surface area contributed by atoms with Gasteiger partial charge in [-0.3, -0.25) is 9.88 Å². The van der Waals surface area contributed by atoms with Gasteiger partial charge in [0, 0.05) is 44.1 Å². The van der Waals surface area contributed by atoms with Crippen molar-refractivity contribution in [3.63, 3.8) is 0 Å². The van der Waals surface area contributed by atoms with Crippen LogP contribution < -0.4 is 5.32 Å². The largest absolute Gasteiger partial charge is 0.314 e. The van der Waals surface area contributed by atoms with Crippen molar-refractivity contribution in [1.29, 1.82) is 0 Å². The summed E-state index contributed by atoms with van der Waals surface area (Å²) in [5.74, 6) is 0. The van der Waals surface area contributed by atoms with Crippen molar-refractivity contribution in [1.82, 2.24) is 15.2 Å². The van der Waals surface area contributed by atoms with Crippen LogP contribution in [0.5, 0.6) is 0 Å². The van der Waals surface area contributed by atoms with E-state index in [-0.39, 0.29) is 0 Å². The van der Waals surface area contributed by atoms with Crippen molar-refractivity contribution in [3.05, 3.63) is 30.1 Å². The molecule has 1 aromatic rings. The normalized spacial score (nSPS) is 20.4. The zero-order chi connectivity index (χ0) is 12.1. The Bertz CT molecular complexity index is 333. The van der Waals surface area contributed by atoms with Crippen molar-refractivity contribution in [2.24, 2.45) is 0 Å². The summed E-state index contributed by atoms with van der Waals surface area (Å²) in [5, 5.41) is 3.54. The predicted molar refractivity (Wildman–Crippen MR) is 70.8 cm³/mol. The molecule has 0 saturated carbocycles. The quantitative estimate of drug-likeness (QED) is 0.862.